The standard InChI is InChI=1S/C8H9NO2/c1-5-7-4-6(10)2-3-8(7)11-9-5/h2-4H2,1H3. The molecule has 0 aromatic carbocycles. The van der Waals surface area contributed by atoms with E-state index < -0.39 is 0 Å². The van der Waals surface area contributed by atoms with Gasteiger partial charge in [0.25, 0.3) is 0 Å². The number of aryl methyl sites for hydroxylation is 2. The van der Waals surface area contributed by atoms with Crippen LogP contribution in [0.4, 0.5) is 0 Å². The number of Topliss-reactive ketones (excluding diaryl/α,β-unsaturated/α-hetero) is 1. The van der Waals surface area contributed by atoms with Gasteiger partial charge in [0.05, 0.1) is 5.69 Å². The Balaban J connectivity index is 2.45. The van der Waals surface area contributed by atoms with Gasteiger partial charge in [-0.3, -0.25) is 4.79 Å². The highest BCUT2D eigenvalue weighted by molar-refractivity contribution is 5.83. The van der Waals surface area contributed by atoms with E-state index >= 15 is 0 Å². The lowest BCUT2D eigenvalue weighted by Gasteiger charge is -2.06. The Morgan fingerprint density at radius 3 is 3.09 bits per heavy atom. The molecule has 0 fully saturated rings. The summed E-state index contributed by atoms with van der Waals surface area (Å²) in [5.74, 6) is 1.20. The van der Waals surface area contributed by atoms with Crippen molar-refractivity contribution in [2.75, 3.05) is 0 Å². The number of fused-ring (bicyclic) bond motifs is 1. The molecule has 0 radical (unpaired) electrons. The van der Waals surface area contributed by atoms with Gasteiger partial charge in [0.15, 0.2) is 0 Å². The van der Waals surface area contributed by atoms with Crippen molar-refractivity contribution >= 4 is 5.78 Å². The fourth-order valence-corrected chi connectivity index (χ4v) is 1.40. The Kier molecular flexibility index (Phi) is 1.31. The van der Waals surface area contributed by atoms with Crippen LogP contribution in [0.1, 0.15) is 23.4 Å². The highest BCUT2D eigenvalue weighted by Crippen LogP contribution is 2.21. The van der Waals surface area contributed by atoms with E-state index in [0.717, 1.165) is 23.4 Å². The van der Waals surface area contributed by atoms with Crippen LogP contribution in [0.2, 0.25) is 0 Å². The molecule has 0 N–H and O–H groups in total. The molecule has 3 heteroatoms. The second kappa shape index (κ2) is 2.19. The minimum absolute atomic E-state index is 0.295. The van der Waals surface area contributed by atoms with Crippen LogP contribution in [-0.4, -0.2) is 10.9 Å². The van der Waals surface area contributed by atoms with Gasteiger partial charge in [-0.25, -0.2) is 0 Å². The van der Waals surface area contributed by atoms with Crippen molar-refractivity contribution in [1.82, 2.24) is 5.16 Å². The number of hydrogen-bond acceptors (Lipinski definition) is 3. The summed E-state index contributed by atoms with van der Waals surface area (Å²) in [7, 11) is 0. The number of carbonyl (C=O) groups is 1. The van der Waals surface area contributed by atoms with Crippen LogP contribution in [0.5, 0.6) is 0 Å². The molecule has 3 nitrogen and oxygen atoms in total. The average molecular weight is 151 g/mol. The first-order chi connectivity index (χ1) is 5.27. The molecule has 0 spiro atoms. The first-order valence-corrected chi connectivity index (χ1v) is 3.73. The van der Waals surface area contributed by atoms with Gasteiger partial charge in [0.1, 0.15) is 11.5 Å². The van der Waals surface area contributed by atoms with Gasteiger partial charge in [-0.2, -0.15) is 0 Å². The Morgan fingerprint density at radius 1 is 1.45 bits per heavy atom. The SMILES string of the molecule is Cc1noc2c1CC(=O)CC2. The van der Waals surface area contributed by atoms with E-state index in [4.69, 9.17) is 4.52 Å². The number of carbonyl (C=O) groups excluding carboxylic acids is 1. The summed E-state index contributed by atoms with van der Waals surface area (Å²) in [4.78, 5) is 11.0. The lowest BCUT2D eigenvalue weighted by molar-refractivity contribution is -0.118. The highest BCUT2D eigenvalue weighted by atomic mass is 16.5. The molecule has 0 unspecified atom stereocenters. The van der Waals surface area contributed by atoms with E-state index in [1.165, 1.54) is 0 Å². The summed E-state index contributed by atoms with van der Waals surface area (Å²) in [6.45, 7) is 1.88. The monoisotopic (exact) mass is 151 g/mol. The molecule has 1 aliphatic carbocycles. The minimum Gasteiger partial charge on any atom is -0.361 e. The molecule has 0 saturated carbocycles. The first-order valence-electron chi connectivity index (χ1n) is 3.73. The van der Waals surface area contributed by atoms with E-state index in [0.29, 0.717) is 18.6 Å². The Bertz CT molecular complexity index is 301. The maximum absolute atomic E-state index is 11.0. The van der Waals surface area contributed by atoms with Gasteiger partial charge >= 0.3 is 0 Å². The predicted molar refractivity (Wildman–Crippen MR) is 38.3 cm³/mol. The van der Waals surface area contributed by atoms with Gasteiger partial charge < -0.3 is 4.52 Å². The van der Waals surface area contributed by atoms with Gasteiger partial charge in [-0.15, -0.1) is 0 Å². The predicted octanol–water partition coefficient (Wildman–Crippen LogP) is 1.04. The number of ketones is 1. The third-order valence-corrected chi connectivity index (χ3v) is 2.07. The molecule has 11 heavy (non-hydrogen) atoms. The Morgan fingerprint density at radius 2 is 2.27 bits per heavy atom. The molecule has 1 heterocycles. The van der Waals surface area contributed by atoms with Crippen LogP contribution in [0, 0.1) is 6.92 Å². The van der Waals surface area contributed by atoms with Gasteiger partial charge in [-0.05, 0) is 6.92 Å². The van der Waals surface area contributed by atoms with Crippen molar-refractivity contribution in [1.29, 1.82) is 0 Å². The van der Waals surface area contributed by atoms with Crippen molar-refractivity contribution in [3.05, 3.63) is 17.0 Å². The van der Waals surface area contributed by atoms with Crippen LogP contribution in [0.3, 0.4) is 0 Å². The maximum atomic E-state index is 11.0. The van der Waals surface area contributed by atoms with Crippen molar-refractivity contribution in [3.63, 3.8) is 0 Å². The molecule has 0 bridgehead atoms. The lowest BCUT2D eigenvalue weighted by Crippen LogP contribution is -2.11. The van der Waals surface area contributed by atoms with Gasteiger partial charge in [0, 0.05) is 24.8 Å². The molecule has 1 aromatic heterocycles. The molecular weight excluding hydrogens is 142 g/mol. The van der Waals surface area contributed by atoms with E-state index in [1.54, 1.807) is 0 Å². The van der Waals surface area contributed by atoms with E-state index in [2.05, 4.69) is 5.16 Å². The van der Waals surface area contributed by atoms with E-state index in [9.17, 15) is 4.79 Å². The topological polar surface area (TPSA) is 43.1 Å². The van der Waals surface area contributed by atoms with E-state index in [-0.39, 0.29) is 0 Å². The molecular formula is C8H9NO2. The summed E-state index contributed by atoms with van der Waals surface area (Å²) in [5.41, 5.74) is 1.88. The van der Waals surface area contributed by atoms with Crippen molar-refractivity contribution < 1.29 is 9.32 Å². The molecule has 0 atom stereocenters. The smallest absolute Gasteiger partial charge is 0.141 e. The third-order valence-electron chi connectivity index (χ3n) is 2.07. The second-order valence-electron chi connectivity index (χ2n) is 2.89. The number of rotatable bonds is 0. The maximum Gasteiger partial charge on any atom is 0.141 e. The van der Waals surface area contributed by atoms with Crippen LogP contribution >= 0.6 is 0 Å². The third kappa shape index (κ3) is 0.964. The molecule has 1 aromatic rings. The number of nitrogens with zero attached hydrogens (tertiary/aromatic N) is 1. The first kappa shape index (κ1) is 6.58. The highest BCUT2D eigenvalue weighted by Gasteiger charge is 2.21. The quantitative estimate of drug-likeness (QED) is 0.556. The van der Waals surface area contributed by atoms with E-state index in [1.807, 2.05) is 6.92 Å². The van der Waals surface area contributed by atoms with Crippen molar-refractivity contribution in [2.24, 2.45) is 0 Å². The summed E-state index contributed by atoms with van der Waals surface area (Å²) in [5, 5.41) is 3.81. The normalized spacial score (nSPS) is 16.6. The number of aromatic nitrogens is 1. The summed E-state index contributed by atoms with van der Waals surface area (Å²) in [6, 6.07) is 0. The minimum atomic E-state index is 0.295. The summed E-state index contributed by atoms with van der Waals surface area (Å²) in [6.07, 6.45) is 1.86. The molecule has 58 valence electrons. The van der Waals surface area contributed by atoms with Crippen LogP contribution in [0.25, 0.3) is 0 Å². The zero-order chi connectivity index (χ0) is 7.84. The Hall–Kier alpha value is -1.12. The second-order valence-corrected chi connectivity index (χ2v) is 2.89. The molecule has 0 amide bonds. The zero-order valence-corrected chi connectivity index (χ0v) is 6.39. The molecule has 1 aliphatic rings. The number of hydrogen-bond donors (Lipinski definition) is 0. The van der Waals surface area contributed by atoms with Gasteiger partial charge in [-0.1, -0.05) is 5.16 Å². The summed E-state index contributed by atoms with van der Waals surface area (Å²) < 4.78 is 5.03. The van der Waals surface area contributed by atoms with Crippen LogP contribution in [-0.2, 0) is 17.6 Å². The lowest BCUT2D eigenvalue weighted by atomic mass is 9.96. The summed E-state index contributed by atoms with van der Waals surface area (Å²) >= 11 is 0. The van der Waals surface area contributed by atoms with Crippen LogP contribution < -0.4 is 0 Å². The molecule has 0 aliphatic heterocycles. The zero-order valence-electron chi connectivity index (χ0n) is 6.39. The van der Waals surface area contributed by atoms with Crippen molar-refractivity contribution in [2.45, 2.75) is 26.2 Å². The molecule has 2 rings (SSSR count). The average Bonchev–Trinajstić information content (AvgIpc) is 2.33. The largest absolute Gasteiger partial charge is 0.361 e. The fourth-order valence-electron chi connectivity index (χ4n) is 1.40. The van der Waals surface area contributed by atoms with Crippen molar-refractivity contribution in [3.8, 4) is 0 Å². The fraction of sp³-hybridized carbons (Fsp3) is 0.500. The Labute approximate surface area is 64.4 Å². The van der Waals surface area contributed by atoms with Gasteiger partial charge in [0.2, 0.25) is 0 Å². The van der Waals surface area contributed by atoms with Crippen LogP contribution in [0.15, 0.2) is 4.52 Å². The molecule has 0 saturated heterocycles.